The minimum Gasteiger partial charge on any atom is -0.452 e. The van der Waals surface area contributed by atoms with E-state index in [0.29, 0.717) is 16.4 Å². The van der Waals surface area contributed by atoms with Gasteiger partial charge in [0, 0.05) is 10.6 Å². The molecule has 0 amide bonds. The van der Waals surface area contributed by atoms with Crippen molar-refractivity contribution < 1.29 is 14.1 Å². The molecule has 23 heavy (non-hydrogen) atoms. The highest BCUT2D eigenvalue weighted by Crippen LogP contribution is 2.20. The number of carbonyl (C=O) groups excluding carboxylic acids is 1. The van der Waals surface area contributed by atoms with Crippen LogP contribution in [0.5, 0.6) is 0 Å². The van der Waals surface area contributed by atoms with Crippen molar-refractivity contribution in [2.45, 2.75) is 13.5 Å². The largest absolute Gasteiger partial charge is 0.452 e. The van der Waals surface area contributed by atoms with Gasteiger partial charge in [0.25, 0.3) is 5.89 Å². The van der Waals surface area contributed by atoms with Crippen molar-refractivity contribution in [1.82, 2.24) is 10.1 Å². The smallest absolute Gasteiger partial charge is 0.338 e. The Kier molecular flexibility index (Phi) is 4.39. The first-order chi connectivity index (χ1) is 11.1. The molecular formula is C17H13ClN2O3. The van der Waals surface area contributed by atoms with Crippen LogP contribution in [0.1, 0.15) is 21.8 Å². The summed E-state index contributed by atoms with van der Waals surface area (Å²) in [6.45, 7) is 1.83. The van der Waals surface area contributed by atoms with Gasteiger partial charge in [-0.25, -0.2) is 4.79 Å². The molecule has 5 nitrogen and oxygen atoms in total. The standard InChI is InChI=1S/C17H13ClN2O3/c1-11-4-2-6-13(8-11)17(21)22-10-15-19-16(20-23-15)12-5-3-7-14(18)9-12/h2-9H,10H2,1H3. The lowest BCUT2D eigenvalue weighted by atomic mass is 10.1. The first-order valence-corrected chi connectivity index (χ1v) is 7.32. The second-order valence-electron chi connectivity index (χ2n) is 4.97. The van der Waals surface area contributed by atoms with Crippen LogP contribution in [-0.4, -0.2) is 16.1 Å². The van der Waals surface area contributed by atoms with Crippen molar-refractivity contribution >= 4 is 17.6 Å². The van der Waals surface area contributed by atoms with Crippen LogP contribution in [-0.2, 0) is 11.3 Å². The first kappa shape index (κ1) is 15.2. The summed E-state index contributed by atoms with van der Waals surface area (Å²) < 4.78 is 10.3. The van der Waals surface area contributed by atoms with Gasteiger partial charge in [-0.1, -0.05) is 46.6 Å². The van der Waals surface area contributed by atoms with Crippen LogP contribution in [0.15, 0.2) is 53.1 Å². The molecule has 0 aliphatic carbocycles. The molecule has 0 unspecified atom stereocenters. The molecule has 3 aromatic rings. The number of rotatable bonds is 4. The number of hydrogen-bond acceptors (Lipinski definition) is 5. The minimum atomic E-state index is -0.434. The molecule has 0 fully saturated rings. The van der Waals surface area contributed by atoms with E-state index in [9.17, 15) is 4.79 Å². The highest BCUT2D eigenvalue weighted by atomic mass is 35.5. The third kappa shape index (κ3) is 3.76. The predicted octanol–water partition coefficient (Wildman–Crippen LogP) is 4.06. The van der Waals surface area contributed by atoms with Crippen LogP contribution >= 0.6 is 11.6 Å². The molecule has 1 aromatic heterocycles. The molecule has 0 aliphatic rings. The molecule has 0 radical (unpaired) electrons. The molecule has 0 atom stereocenters. The lowest BCUT2D eigenvalue weighted by molar-refractivity contribution is 0.0429. The lowest BCUT2D eigenvalue weighted by Gasteiger charge is -2.02. The van der Waals surface area contributed by atoms with Crippen molar-refractivity contribution in [3.05, 3.63) is 70.6 Å². The summed E-state index contributed by atoms with van der Waals surface area (Å²) in [4.78, 5) is 16.2. The Bertz CT molecular complexity index is 845. The molecule has 0 saturated heterocycles. The molecular weight excluding hydrogens is 316 g/mol. The molecule has 3 rings (SSSR count). The Hall–Kier alpha value is -2.66. The van der Waals surface area contributed by atoms with E-state index in [1.165, 1.54) is 0 Å². The van der Waals surface area contributed by atoms with E-state index >= 15 is 0 Å². The molecule has 0 spiro atoms. The van der Waals surface area contributed by atoms with Crippen molar-refractivity contribution in [2.24, 2.45) is 0 Å². The van der Waals surface area contributed by atoms with Gasteiger partial charge in [-0.05, 0) is 31.2 Å². The van der Waals surface area contributed by atoms with Gasteiger partial charge in [0.05, 0.1) is 5.56 Å². The van der Waals surface area contributed by atoms with E-state index in [0.717, 1.165) is 11.1 Å². The Balaban J connectivity index is 1.67. The summed E-state index contributed by atoms with van der Waals surface area (Å²) in [5.74, 6) is 0.186. The zero-order chi connectivity index (χ0) is 16.2. The highest BCUT2D eigenvalue weighted by Gasteiger charge is 2.12. The maximum absolute atomic E-state index is 12.0. The number of aromatic nitrogens is 2. The maximum atomic E-state index is 12.0. The first-order valence-electron chi connectivity index (χ1n) is 6.94. The highest BCUT2D eigenvalue weighted by molar-refractivity contribution is 6.30. The predicted molar refractivity (Wildman–Crippen MR) is 85.0 cm³/mol. The van der Waals surface area contributed by atoms with Gasteiger partial charge in [0.1, 0.15) is 0 Å². The van der Waals surface area contributed by atoms with Crippen LogP contribution < -0.4 is 0 Å². The average molecular weight is 329 g/mol. The Morgan fingerprint density at radius 2 is 2.04 bits per heavy atom. The van der Waals surface area contributed by atoms with Gasteiger partial charge in [-0.15, -0.1) is 0 Å². The summed E-state index contributed by atoms with van der Waals surface area (Å²) in [6, 6.07) is 14.3. The third-order valence-corrected chi connectivity index (χ3v) is 3.37. The fourth-order valence-electron chi connectivity index (χ4n) is 2.04. The number of carbonyl (C=O) groups is 1. The van der Waals surface area contributed by atoms with E-state index < -0.39 is 5.97 Å². The van der Waals surface area contributed by atoms with E-state index in [1.54, 1.807) is 36.4 Å². The van der Waals surface area contributed by atoms with Crippen LogP contribution in [0.25, 0.3) is 11.4 Å². The lowest BCUT2D eigenvalue weighted by Crippen LogP contribution is -2.05. The van der Waals surface area contributed by atoms with E-state index in [4.69, 9.17) is 20.9 Å². The third-order valence-electron chi connectivity index (χ3n) is 3.13. The quantitative estimate of drug-likeness (QED) is 0.676. The monoisotopic (exact) mass is 328 g/mol. The van der Waals surface area contributed by atoms with Gasteiger partial charge in [-0.3, -0.25) is 0 Å². The number of nitrogens with zero attached hydrogens (tertiary/aromatic N) is 2. The molecule has 2 aromatic carbocycles. The van der Waals surface area contributed by atoms with Gasteiger partial charge < -0.3 is 9.26 Å². The van der Waals surface area contributed by atoms with E-state index in [2.05, 4.69) is 10.1 Å². The van der Waals surface area contributed by atoms with Crippen LogP contribution in [0.3, 0.4) is 0 Å². The van der Waals surface area contributed by atoms with Gasteiger partial charge >= 0.3 is 5.97 Å². The summed E-state index contributed by atoms with van der Waals surface area (Å²) in [6.07, 6.45) is 0. The second kappa shape index (κ2) is 6.62. The topological polar surface area (TPSA) is 65.2 Å². The number of benzene rings is 2. The second-order valence-corrected chi connectivity index (χ2v) is 5.40. The molecule has 116 valence electrons. The Morgan fingerprint density at radius 1 is 1.22 bits per heavy atom. The molecule has 0 bridgehead atoms. The van der Waals surface area contributed by atoms with E-state index in [-0.39, 0.29) is 12.5 Å². The zero-order valence-corrected chi connectivity index (χ0v) is 13.1. The van der Waals surface area contributed by atoms with Crippen molar-refractivity contribution in [3.8, 4) is 11.4 Å². The normalized spacial score (nSPS) is 10.5. The SMILES string of the molecule is Cc1cccc(C(=O)OCc2nc(-c3cccc(Cl)c3)no2)c1. The molecule has 1 heterocycles. The van der Waals surface area contributed by atoms with Gasteiger partial charge in [0.15, 0.2) is 6.61 Å². The molecule has 0 saturated carbocycles. The van der Waals surface area contributed by atoms with Crippen LogP contribution in [0.4, 0.5) is 0 Å². The van der Waals surface area contributed by atoms with Gasteiger partial charge in [0.2, 0.25) is 5.82 Å². The fraction of sp³-hybridized carbons (Fsp3) is 0.118. The number of ether oxygens (including phenoxy) is 1. The zero-order valence-electron chi connectivity index (χ0n) is 12.3. The maximum Gasteiger partial charge on any atom is 0.338 e. The van der Waals surface area contributed by atoms with Crippen LogP contribution in [0.2, 0.25) is 5.02 Å². The Morgan fingerprint density at radius 3 is 2.83 bits per heavy atom. The number of halogens is 1. The van der Waals surface area contributed by atoms with E-state index in [1.807, 2.05) is 19.1 Å². The molecule has 0 N–H and O–H groups in total. The minimum absolute atomic E-state index is 0.0830. The average Bonchev–Trinajstić information content (AvgIpc) is 3.01. The van der Waals surface area contributed by atoms with Crippen LogP contribution in [0, 0.1) is 6.92 Å². The fourth-order valence-corrected chi connectivity index (χ4v) is 2.23. The summed E-state index contributed by atoms with van der Waals surface area (Å²) in [5, 5.41) is 4.44. The van der Waals surface area contributed by atoms with Crippen molar-refractivity contribution in [1.29, 1.82) is 0 Å². The molecule has 0 aliphatic heterocycles. The number of esters is 1. The van der Waals surface area contributed by atoms with Gasteiger partial charge in [-0.2, -0.15) is 4.98 Å². The van der Waals surface area contributed by atoms with Crippen molar-refractivity contribution in [2.75, 3.05) is 0 Å². The summed E-state index contributed by atoms with van der Waals surface area (Å²) in [5.41, 5.74) is 2.21. The summed E-state index contributed by atoms with van der Waals surface area (Å²) >= 11 is 5.93. The number of hydrogen-bond donors (Lipinski definition) is 0. The Labute approximate surface area is 137 Å². The summed E-state index contributed by atoms with van der Waals surface area (Å²) in [7, 11) is 0. The molecule has 6 heteroatoms. The number of aryl methyl sites for hydroxylation is 1. The van der Waals surface area contributed by atoms with Crippen molar-refractivity contribution in [3.63, 3.8) is 0 Å².